The number of rotatable bonds is 5. The predicted octanol–water partition coefficient (Wildman–Crippen LogP) is 1.28. The highest BCUT2D eigenvalue weighted by atomic mass is 16.5. The Morgan fingerprint density at radius 1 is 1.39 bits per heavy atom. The third-order valence-corrected chi connectivity index (χ3v) is 2.90. The van der Waals surface area contributed by atoms with Gasteiger partial charge in [0.05, 0.1) is 19.8 Å². The van der Waals surface area contributed by atoms with Gasteiger partial charge in [0.1, 0.15) is 11.6 Å². The zero-order valence-electron chi connectivity index (χ0n) is 11.1. The molecule has 2 rings (SSSR count). The second kappa shape index (κ2) is 6.56. The van der Waals surface area contributed by atoms with Crippen LogP contribution < -0.4 is 10.2 Å². The average Bonchev–Trinajstić information content (AvgIpc) is 2.39. The van der Waals surface area contributed by atoms with Gasteiger partial charge in [-0.05, 0) is 24.6 Å². The van der Waals surface area contributed by atoms with Crippen LogP contribution in [0.2, 0.25) is 0 Å². The van der Waals surface area contributed by atoms with Crippen LogP contribution in [0.5, 0.6) is 0 Å². The van der Waals surface area contributed by atoms with E-state index in [0.29, 0.717) is 6.61 Å². The minimum Gasteiger partial charge on any atom is -0.383 e. The summed E-state index contributed by atoms with van der Waals surface area (Å²) in [6.07, 6.45) is 0. The van der Waals surface area contributed by atoms with E-state index in [1.54, 1.807) is 7.11 Å². The smallest absolute Gasteiger partial charge is 0.131 e. The van der Waals surface area contributed by atoms with Gasteiger partial charge in [0.15, 0.2) is 0 Å². The van der Waals surface area contributed by atoms with Crippen molar-refractivity contribution in [2.75, 3.05) is 56.8 Å². The van der Waals surface area contributed by atoms with Crippen molar-refractivity contribution in [1.29, 1.82) is 0 Å². The molecule has 0 amide bonds. The average molecular weight is 251 g/mol. The van der Waals surface area contributed by atoms with Crippen molar-refractivity contribution >= 4 is 11.6 Å². The molecule has 5 nitrogen and oxygen atoms in total. The molecule has 0 unspecified atom stereocenters. The minimum atomic E-state index is 0.683. The molecule has 0 saturated carbocycles. The first-order valence-electron chi connectivity index (χ1n) is 6.34. The Morgan fingerprint density at radius 2 is 2.17 bits per heavy atom. The number of hydrogen-bond donors (Lipinski definition) is 1. The van der Waals surface area contributed by atoms with Gasteiger partial charge in [0.25, 0.3) is 0 Å². The summed E-state index contributed by atoms with van der Waals surface area (Å²) in [5.41, 5.74) is 1.21. The molecule has 1 aromatic heterocycles. The molecule has 0 atom stereocenters. The first kappa shape index (κ1) is 13.1. The third-order valence-electron chi connectivity index (χ3n) is 2.90. The first-order valence-corrected chi connectivity index (χ1v) is 6.34. The van der Waals surface area contributed by atoms with Gasteiger partial charge in [-0.25, -0.2) is 4.98 Å². The highest BCUT2D eigenvalue weighted by molar-refractivity contribution is 5.50. The van der Waals surface area contributed by atoms with Crippen molar-refractivity contribution in [2.24, 2.45) is 0 Å². The van der Waals surface area contributed by atoms with Crippen molar-refractivity contribution in [3.8, 4) is 0 Å². The molecule has 0 aromatic carbocycles. The molecule has 1 saturated heterocycles. The van der Waals surface area contributed by atoms with Gasteiger partial charge < -0.3 is 19.7 Å². The molecule has 0 spiro atoms. The number of hydrogen-bond acceptors (Lipinski definition) is 5. The third kappa shape index (κ3) is 3.58. The topological polar surface area (TPSA) is 46.6 Å². The van der Waals surface area contributed by atoms with Gasteiger partial charge >= 0.3 is 0 Å². The number of methoxy groups -OCH3 is 1. The lowest BCUT2D eigenvalue weighted by Gasteiger charge is -2.28. The summed E-state index contributed by atoms with van der Waals surface area (Å²) in [5, 5.41) is 3.27. The summed E-state index contributed by atoms with van der Waals surface area (Å²) in [6, 6.07) is 4.17. The van der Waals surface area contributed by atoms with Gasteiger partial charge in [-0.3, -0.25) is 0 Å². The van der Waals surface area contributed by atoms with Gasteiger partial charge in [0, 0.05) is 26.7 Å². The molecule has 100 valence electrons. The molecule has 1 fully saturated rings. The largest absolute Gasteiger partial charge is 0.383 e. The number of morpholine rings is 1. The fraction of sp³-hybridized carbons (Fsp3) is 0.615. The minimum absolute atomic E-state index is 0.683. The van der Waals surface area contributed by atoms with Crippen LogP contribution in [0.1, 0.15) is 5.56 Å². The van der Waals surface area contributed by atoms with Gasteiger partial charge in [-0.1, -0.05) is 0 Å². The molecular weight excluding hydrogens is 230 g/mol. The number of nitrogens with one attached hydrogen (secondary N) is 1. The molecule has 1 N–H and O–H groups in total. The van der Waals surface area contributed by atoms with Crippen LogP contribution in [0.25, 0.3) is 0 Å². The van der Waals surface area contributed by atoms with E-state index in [4.69, 9.17) is 9.47 Å². The van der Waals surface area contributed by atoms with Crippen LogP contribution in [0.3, 0.4) is 0 Å². The van der Waals surface area contributed by atoms with Crippen LogP contribution in [-0.4, -0.2) is 51.5 Å². The zero-order chi connectivity index (χ0) is 12.8. The fourth-order valence-corrected chi connectivity index (χ4v) is 1.98. The normalized spacial score (nSPS) is 15.8. The Balaban J connectivity index is 2.05. The van der Waals surface area contributed by atoms with Crippen LogP contribution in [-0.2, 0) is 9.47 Å². The Hall–Kier alpha value is -1.33. The standard InChI is InChI=1S/C13H21N3O2/c1-11-9-12(14-3-6-17-2)15-13(10-11)16-4-7-18-8-5-16/h9-10H,3-8H2,1-2H3,(H,14,15). The molecule has 1 aliphatic heterocycles. The lowest BCUT2D eigenvalue weighted by Crippen LogP contribution is -2.36. The van der Waals surface area contributed by atoms with E-state index in [1.165, 1.54) is 5.56 Å². The number of anilines is 2. The number of aryl methyl sites for hydroxylation is 1. The molecule has 1 aliphatic rings. The lowest BCUT2D eigenvalue weighted by molar-refractivity contribution is 0.122. The Kier molecular flexibility index (Phi) is 4.78. The second-order valence-corrected chi connectivity index (χ2v) is 4.41. The van der Waals surface area contributed by atoms with E-state index in [-0.39, 0.29) is 0 Å². The van der Waals surface area contributed by atoms with Gasteiger partial charge in [-0.15, -0.1) is 0 Å². The fourth-order valence-electron chi connectivity index (χ4n) is 1.98. The van der Waals surface area contributed by atoms with Crippen molar-refractivity contribution < 1.29 is 9.47 Å². The van der Waals surface area contributed by atoms with E-state index in [2.05, 4.69) is 34.3 Å². The highest BCUT2D eigenvalue weighted by Crippen LogP contribution is 2.18. The maximum atomic E-state index is 5.36. The summed E-state index contributed by atoms with van der Waals surface area (Å²) in [4.78, 5) is 6.89. The van der Waals surface area contributed by atoms with Crippen molar-refractivity contribution in [3.05, 3.63) is 17.7 Å². The van der Waals surface area contributed by atoms with E-state index < -0.39 is 0 Å². The first-order chi connectivity index (χ1) is 8.79. The Bertz CT molecular complexity index is 378. The van der Waals surface area contributed by atoms with Crippen molar-refractivity contribution in [3.63, 3.8) is 0 Å². The Labute approximate surface area is 108 Å². The molecule has 0 bridgehead atoms. The Morgan fingerprint density at radius 3 is 2.89 bits per heavy atom. The zero-order valence-corrected chi connectivity index (χ0v) is 11.1. The number of ether oxygens (including phenoxy) is 2. The second-order valence-electron chi connectivity index (χ2n) is 4.41. The van der Waals surface area contributed by atoms with Crippen LogP contribution in [0, 0.1) is 6.92 Å². The molecule has 0 aliphatic carbocycles. The monoisotopic (exact) mass is 251 g/mol. The number of nitrogens with zero attached hydrogens (tertiary/aromatic N) is 2. The molecule has 18 heavy (non-hydrogen) atoms. The van der Waals surface area contributed by atoms with Crippen LogP contribution in [0.15, 0.2) is 12.1 Å². The summed E-state index contributed by atoms with van der Waals surface area (Å²) in [5.74, 6) is 1.94. The van der Waals surface area contributed by atoms with Gasteiger partial charge in [0.2, 0.25) is 0 Å². The maximum absolute atomic E-state index is 5.36. The lowest BCUT2D eigenvalue weighted by atomic mass is 10.2. The van der Waals surface area contributed by atoms with Gasteiger partial charge in [-0.2, -0.15) is 0 Å². The maximum Gasteiger partial charge on any atom is 0.131 e. The van der Waals surface area contributed by atoms with Crippen LogP contribution >= 0.6 is 0 Å². The van der Waals surface area contributed by atoms with Crippen LogP contribution in [0.4, 0.5) is 11.6 Å². The number of pyridine rings is 1. The SMILES string of the molecule is COCCNc1cc(C)cc(N2CCOCC2)n1. The molecule has 1 aromatic rings. The molecular formula is C13H21N3O2. The molecule has 5 heteroatoms. The quantitative estimate of drug-likeness (QED) is 0.799. The van der Waals surface area contributed by atoms with Crippen molar-refractivity contribution in [2.45, 2.75) is 6.92 Å². The molecule has 2 heterocycles. The summed E-state index contributed by atoms with van der Waals surface area (Å²) in [7, 11) is 1.70. The van der Waals surface area contributed by atoms with Crippen molar-refractivity contribution in [1.82, 2.24) is 4.98 Å². The highest BCUT2D eigenvalue weighted by Gasteiger charge is 2.13. The number of aromatic nitrogens is 1. The van der Waals surface area contributed by atoms with E-state index in [1.807, 2.05) is 0 Å². The van der Waals surface area contributed by atoms with E-state index in [9.17, 15) is 0 Å². The van der Waals surface area contributed by atoms with E-state index >= 15 is 0 Å². The summed E-state index contributed by atoms with van der Waals surface area (Å²) in [6.45, 7) is 6.93. The predicted molar refractivity (Wildman–Crippen MR) is 72.4 cm³/mol. The van der Waals surface area contributed by atoms with E-state index in [0.717, 1.165) is 44.5 Å². The summed E-state index contributed by atoms with van der Waals surface area (Å²) < 4.78 is 10.4. The summed E-state index contributed by atoms with van der Waals surface area (Å²) >= 11 is 0. The molecule has 0 radical (unpaired) electrons.